The van der Waals surface area contributed by atoms with E-state index in [4.69, 9.17) is 4.74 Å². The number of nitro groups is 1. The highest BCUT2D eigenvalue weighted by Gasteiger charge is 2.22. The standard InChI is InChI=1S/C20H22N2O5/c1-13-7-8-16(9-14(13)2)11-18(20(24)27-3)21-19(23)12-15-5-4-6-17(10-15)22(25)26/h4-10,18H,11-12H2,1-3H3,(H,21,23)/t18-/m0/s1. The average molecular weight is 370 g/mol. The number of rotatable bonds is 7. The monoisotopic (exact) mass is 370 g/mol. The third kappa shape index (κ3) is 5.64. The van der Waals surface area contributed by atoms with E-state index in [2.05, 4.69) is 5.32 Å². The molecule has 2 rings (SSSR count). The van der Waals surface area contributed by atoms with Gasteiger partial charge in [-0.15, -0.1) is 0 Å². The molecule has 7 nitrogen and oxygen atoms in total. The Labute approximate surface area is 157 Å². The zero-order valence-corrected chi connectivity index (χ0v) is 15.5. The van der Waals surface area contributed by atoms with Crippen LogP contribution in [0.5, 0.6) is 0 Å². The van der Waals surface area contributed by atoms with Gasteiger partial charge in [0, 0.05) is 18.6 Å². The highest BCUT2D eigenvalue weighted by molar-refractivity contribution is 5.85. The van der Waals surface area contributed by atoms with E-state index in [1.165, 1.54) is 25.3 Å². The van der Waals surface area contributed by atoms with E-state index in [1.54, 1.807) is 6.07 Å². The first-order chi connectivity index (χ1) is 12.8. The van der Waals surface area contributed by atoms with Gasteiger partial charge in [0.2, 0.25) is 5.91 Å². The Morgan fingerprint density at radius 3 is 2.48 bits per heavy atom. The summed E-state index contributed by atoms with van der Waals surface area (Å²) in [6.07, 6.45) is 0.233. The van der Waals surface area contributed by atoms with Crippen molar-refractivity contribution in [1.29, 1.82) is 0 Å². The molecule has 0 heterocycles. The van der Waals surface area contributed by atoms with Gasteiger partial charge >= 0.3 is 5.97 Å². The van der Waals surface area contributed by atoms with Gasteiger partial charge in [-0.2, -0.15) is 0 Å². The average Bonchev–Trinajstić information content (AvgIpc) is 2.63. The number of hydrogen-bond acceptors (Lipinski definition) is 5. The molecule has 7 heteroatoms. The molecular weight excluding hydrogens is 348 g/mol. The number of aryl methyl sites for hydroxylation is 2. The van der Waals surface area contributed by atoms with Crippen LogP contribution in [0.15, 0.2) is 42.5 Å². The minimum Gasteiger partial charge on any atom is -0.467 e. The van der Waals surface area contributed by atoms with E-state index in [0.717, 1.165) is 16.7 Å². The molecule has 27 heavy (non-hydrogen) atoms. The second kappa shape index (κ2) is 8.93. The van der Waals surface area contributed by atoms with Gasteiger partial charge in [0.15, 0.2) is 0 Å². The van der Waals surface area contributed by atoms with Crippen LogP contribution >= 0.6 is 0 Å². The molecule has 0 aromatic heterocycles. The highest BCUT2D eigenvalue weighted by Crippen LogP contribution is 2.15. The number of carbonyl (C=O) groups excluding carboxylic acids is 2. The maximum absolute atomic E-state index is 12.3. The number of non-ortho nitro benzene ring substituents is 1. The summed E-state index contributed by atoms with van der Waals surface area (Å²) in [5.41, 5.74) is 3.56. The van der Waals surface area contributed by atoms with E-state index in [1.807, 2.05) is 32.0 Å². The van der Waals surface area contributed by atoms with Crippen molar-refractivity contribution in [2.45, 2.75) is 32.7 Å². The molecule has 0 unspecified atom stereocenters. The minimum atomic E-state index is -0.830. The third-order valence-electron chi connectivity index (χ3n) is 4.32. The van der Waals surface area contributed by atoms with E-state index < -0.39 is 22.8 Å². The first-order valence-corrected chi connectivity index (χ1v) is 8.47. The summed E-state index contributed by atoms with van der Waals surface area (Å²) in [5, 5.41) is 13.5. The van der Waals surface area contributed by atoms with Crippen molar-refractivity contribution in [3.05, 3.63) is 74.8 Å². The number of esters is 1. The van der Waals surface area contributed by atoms with Gasteiger partial charge in [-0.1, -0.05) is 30.3 Å². The van der Waals surface area contributed by atoms with Gasteiger partial charge in [-0.25, -0.2) is 4.79 Å². The Kier molecular flexibility index (Phi) is 6.65. The molecule has 1 amide bonds. The Morgan fingerprint density at radius 2 is 1.85 bits per heavy atom. The van der Waals surface area contributed by atoms with Crippen LogP contribution in [0.2, 0.25) is 0 Å². The molecule has 1 N–H and O–H groups in total. The molecule has 142 valence electrons. The van der Waals surface area contributed by atoms with E-state index in [-0.39, 0.29) is 12.1 Å². The summed E-state index contributed by atoms with van der Waals surface area (Å²) in [5.74, 6) is -0.949. The second-order valence-electron chi connectivity index (χ2n) is 6.37. The van der Waals surface area contributed by atoms with Gasteiger partial charge in [0.1, 0.15) is 6.04 Å². The molecule has 0 fully saturated rings. The summed E-state index contributed by atoms with van der Waals surface area (Å²) < 4.78 is 4.80. The first kappa shape index (κ1) is 20.1. The lowest BCUT2D eigenvalue weighted by Gasteiger charge is -2.17. The Bertz CT molecular complexity index is 863. The maximum Gasteiger partial charge on any atom is 0.328 e. The molecule has 0 saturated carbocycles. The lowest BCUT2D eigenvalue weighted by Crippen LogP contribution is -2.43. The van der Waals surface area contributed by atoms with E-state index in [9.17, 15) is 19.7 Å². The fourth-order valence-corrected chi connectivity index (χ4v) is 2.71. The second-order valence-corrected chi connectivity index (χ2v) is 6.37. The fourth-order valence-electron chi connectivity index (χ4n) is 2.71. The van der Waals surface area contributed by atoms with E-state index >= 15 is 0 Å². The number of hydrogen-bond donors (Lipinski definition) is 1. The van der Waals surface area contributed by atoms with Gasteiger partial charge in [0.25, 0.3) is 5.69 Å². The van der Waals surface area contributed by atoms with Gasteiger partial charge in [-0.05, 0) is 36.1 Å². The fraction of sp³-hybridized carbons (Fsp3) is 0.300. The van der Waals surface area contributed by atoms with Crippen LogP contribution in [-0.4, -0.2) is 30.0 Å². The summed E-state index contributed by atoms with van der Waals surface area (Å²) in [6, 6.07) is 10.9. The molecule has 0 radical (unpaired) electrons. The van der Waals surface area contributed by atoms with Crippen LogP contribution in [0, 0.1) is 24.0 Å². The Hall–Kier alpha value is -3.22. The van der Waals surface area contributed by atoms with Crippen molar-refractivity contribution in [3.63, 3.8) is 0 Å². The molecule has 0 aliphatic rings. The maximum atomic E-state index is 12.3. The first-order valence-electron chi connectivity index (χ1n) is 8.47. The molecular formula is C20H22N2O5. The van der Waals surface area contributed by atoms with Crippen LogP contribution in [-0.2, 0) is 27.2 Å². The van der Waals surface area contributed by atoms with E-state index in [0.29, 0.717) is 12.0 Å². The molecule has 0 saturated heterocycles. The van der Waals surface area contributed by atoms with Crippen molar-refractivity contribution in [3.8, 4) is 0 Å². The molecule has 2 aromatic rings. The largest absolute Gasteiger partial charge is 0.467 e. The molecule has 0 aliphatic carbocycles. The summed E-state index contributed by atoms with van der Waals surface area (Å²) >= 11 is 0. The lowest BCUT2D eigenvalue weighted by atomic mass is 10.0. The van der Waals surface area contributed by atoms with Crippen LogP contribution in [0.4, 0.5) is 5.69 Å². The molecule has 0 bridgehead atoms. The molecule has 0 spiro atoms. The molecule has 0 aliphatic heterocycles. The summed E-state index contributed by atoms with van der Waals surface area (Å²) in [4.78, 5) is 34.7. The minimum absolute atomic E-state index is 0.0674. The number of benzene rings is 2. The lowest BCUT2D eigenvalue weighted by molar-refractivity contribution is -0.384. The summed E-state index contributed by atoms with van der Waals surface area (Å²) in [6.45, 7) is 3.98. The van der Waals surface area contributed by atoms with Crippen LogP contribution in [0.1, 0.15) is 22.3 Å². The van der Waals surface area contributed by atoms with Crippen molar-refractivity contribution < 1.29 is 19.2 Å². The normalized spacial score (nSPS) is 11.5. The number of nitrogens with one attached hydrogen (secondary N) is 1. The zero-order chi connectivity index (χ0) is 20.0. The Balaban J connectivity index is 2.09. The molecule has 2 aromatic carbocycles. The number of carbonyl (C=O) groups is 2. The number of methoxy groups -OCH3 is 1. The van der Waals surface area contributed by atoms with Crippen molar-refractivity contribution in [1.82, 2.24) is 5.32 Å². The number of ether oxygens (including phenoxy) is 1. The van der Waals surface area contributed by atoms with Crippen molar-refractivity contribution in [2.24, 2.45) is 0 Å². The molecule has 1 atom stereocenters. The van der Waals surface area contributed by atoms with Gasteiger partial charge < -0.3 is 10.1 Å². The predicted octanol–water partition coefficient (Wildman–Crippen LogP) is 2.65. The number of nitro benzene ring substituents is 1. The Morgan fingerprint density at radius 1 is 1.11 bits per heavy atom. The van der Waals surface area contributed by atoms with Crippen molar-refractivity contribution >= 4 is 17.6 Å². The van der Waals surface area contributed by atoms with Gasteiger partial charge in [-0.3, -0.25) is 14.9 Å². The quantitative estimate of drug-likeness (QED) is 0.459. The number of amides is 1. The predicted molar refractivity (Wildman–Crippen MR) is 100 cm³/mol. The van der Waals surface area contributed by atoms with Crippen LogP contribution in [0.3, 0.4) is 0 Å². The van der Waals surface area contributed by atoms with Gasteiger partial charge in [0.05, 0.1) is 18.5 Å². The third-order valence-corrected chi connectivity index (χ3v) is 4.32. The summed E-state index contributed by atoms with van der Waals surface area (Å²) in [7, 11) is 1.27. The van der Waals surface area contributed by atoms with Crippen LogP contribution in [0.25, 0.3) is 0 Å². The zero-order valence-electron chi connectivity index (χ0n) is 15.5. The smallest absolute Gasteiger partial charge is 0.328 e. The number of nitrogens with zero attached hydrogens (tertiary/aromatic N) is 1. The highest BCUT2D eigenvalue weighted by atomic mass is 16.6. The topological polar surface area (TPSA) is 98.5 Å². The van der Waals surface area contributed by atoms with Crippen LogP contribution < -0.4 is 5.32 Å². The van der Waals surface area contributed by atoms with Crippen molar-refractivity contribution in [2.75, 3.05) is 7.11 Å². The SMILES string of the molecule is COC(=O)[C@H](Cc1ccc(C)c(C)c1)NC(=O)Cc1cccc([N+](=O)[O-])c1.